The number of rotatable bonds is 6. The number of aromatic nitrogens is 4. The Bertz CT molecular complexity index is 1230. The van der Waals surface area contributed by atoms with Crippen LogP contribution in [-0.2, 0) is 22.8 Å². The molecule has 2 aromatic heterocycles. The number of aryl methyl sites for hydroxylation is 1. The van der Waals surface area contributed by atoms with Gasteiger partial charge in [-0.3, -0.25) is 4.90 Å². The van der Waals surface area contributed by atoms with Gasteiger partial charge in [0.05, 0.1) is 6.20 Å². The van der Waals surface area contributed by atoms with Crippen molar-refractivity contribution in [1.82, 2.24) is 19.6 Å². The maximum absolute atomic E-state index is 12.1. The number of benzene rings is 1. The van der Waals surface area contributed by atoms with Crippen LogP contribution in [0, 0.1) is 0 Å². The second kappa shape index (κ2) is 8.14. The Morgan fingerprint density at radius 1 is 1.26 bits per heavy atom. The molecule has 1 aromatic carbocycles. The molecular formula is C20H26N6O4S. The number of hydrogen-bond donors (Lipinski definition) is 2. The molecule has 0 saturated heterocycles. The van der Waals surface area contributed by atoms with Crippen LogP contribution in [-0.4, -0.2) is 51.0 Å². The van der Waals surface area contributed by atoms with Crippen molar-refractivity contribution in [2.75, 3.05) is 16.5 Å². The summed E-state index contributed by atoms with van der Waals surface area (Å²) in [6.45, 7) is 7.67. The van der Waals surface area contributed by atoms with Crippen LogP contribution in [0.2, 0.25) is 0 Å². The first-order valence-corrected chi connectivity index (χ1v) is 11.6. The third-order valence-electron chi connectivity index (χ3n) is 4.61. The minimum atomic E-state index is -3.62. The van der Waals surface area contributed by atoms with Crippen LogP contribution in [0.4, 0.5) is 16.4 Å². The van der Waals surface area contributed by atoms with E-state index in [-0.39, 0.29) is 17.6 Å². The fourth-order valence-corrected chi connectivity index (χ4v) is 3.71. The lowest BCUT2D eigenvalue weighted by Gasteiger charge is -2.33. The zero-order valence-electron chi connectivity index (χ0n) is 18.1. The topological polar surface area (TPSA) is 130 Å². The summed E-state index contributed by atoms with van der Waals surface area (Å²) in [7, 11) is -3.62. The van der Waals surface area contributed by atoms with Crippen LogP contribution < -0.4 is 10.2 Å². The molecule has 0 spiro atoms. The number of nitrogens with one attached hydrogen (secondary N) is 1. The fraction of sp³-hybridized carbons (Fsp3) is 0.400. The van der Waals surface area contributed by atoms with Gasteiger partial charge in [0.15, 0.2) is 5.65 Å². The number of amides is 1. The smallest absolute Gasteiger partial charge is 0.412 e. The summed E-state index contributed by atoms with van der Waals surface area (Å²) in [4.78, 5) is 21.4. The number of hydrogen-bond acceptors (Lipinski definition) is 7. The highest BCUT2D eigenvalue weighted by atomic mass is 32.2. The van der Waals surface area contributed by atoms with Gasteiger partial charge in [0.2, 0.25) is 15.8 Å². The van der Waals surface area contributed by atoms with Crippen LogP contribution in [0.1, 0.15) is 38.8 Å². The number of fused-ring (bicyclic) bond motifs is 1. The van der Waals surface area contributed by atoms with Crippen molar-refractivity contribution in [3.8, 4) is 0 Å². The molecule has 3 aromatic rings. The lowest BCUT2D eigenvalue weighted by Crippen LogP contribution is -2.45. The van der Waals surface area contributed by atoms with Crippen LogP contribution in [0.25, 0.3) is 5.65 Å². The minimum Gasteiger partial charge on any atom is -0.465 e. The molecule has 0 unspecified atom stereocenters. The van der Waals surface area contributed by atoms with Crippen molar-refractivity contribution in [2.45, 2.75) is 51.4 Å². The molecule has 2 N–H and O–H groups in total. The Labute approximate surface area is 180 Å². The molecule has 0 aliphatic carbocycles. The van der Waals surface area contributed by atoms with Crippen molar-refractivity contribution in [1.29, 1.82) is 0 Å². The van der Waals surface area contributed by atoms with Crippen molar-refractivity contribution in [2.24, 2.45) is 0 Å². The van der Waals surface area contributed by atoms with E-state index in [0.717, 1.165) is 17.4 Å². The zero-order valence-corrected chi connectivity index (χ0v) is 18.9. The van der Waals surface area contributed by atoms with Crippen molar-refractivity contribution < 1.29 is 18.3 Å². The fourth-order valence-electron chi connectivity index (χ4n) is 3.20. The van der Waals surface area contributed by atoms with Crippen LogP contribution >= 0.6 is 0 Å². The molecule has 2 heterocycles. The highest BCUT2D eigenvalue weighted by Gasteiger charge is 2.28. The minimum absolute atomic E-state index is 0.237. The van der Waals surface area contributed by atoms with Crippen LogP contribution in [0.3, 0.4) is 0 Å². The lowest BCUT2D eigenvalue weighted by molar-refractivity contribution is 0.195. The van der Waals surface area contributed by atoms with E-state index >= 15 is 0 Å². The molecule has 0 saturated carbocycles. The van der Waals surface area contributed by atoms with Gasteiger partial charge in [-0.05, 0) is 44.9 Å². The first kappa shape index (κ1) is 22.5. The summed E-state index contributed by atoms with van der Waals surface area (Å²) >= 11 is 0. The predicted octanol–water partition coefficient (Wildman–Crippen LogP) is 2.99. The maximum Gasteiger partial charge on any atom is 0.412 e. The largest absolute Gasteiger partial charge is 0.465 e. The SMILES string of the molecule is CCc1cnn2c(NCc3cccc(N(C(=O)O)C(C)(C)C)c3)nc(S(C)(=O)=O)nc12. The first-order valence-electron chi connectivity index (χ1n) is 9.72. The maximum atomic E-state index is 12.1. The van der Waals surface area contributed by atoms with Gasteiger partial charge in [-0.2, -0.15) is 19.6 Å². The second-order valence-electron chi connectivity index (χ2n) is 8.17. The molecule has 3 rings (SSSR count). The average Bonchev–Trinajstić information content (AvgIpc) is 3.07. The van der Waals surface area contributed by atoms with Crippen molar-refractivity contribution in [3.05, 3.63) is 41.6 Å². The number of carbonyl (C=O) groups is 1. The Morgan fingerprint density at radius 3 is 2.55 bits per heavy atom. The van der Waals surface area contributed by atoms with E-state index in [0.29, 0.717) is 17.8 Å². The highest BCUT2D eigenvalue weighted by Crippen LogP contribution is 2.25. The van der Waals surface area contributed by atoms with Crippen LogP contribution in [0.15, 0.2) is 35.6 Å². The van der Waals surface area contributed by atoms with Gasteiger partial charge in [-0.1, -0.05) is 19.1 Å². The average molecular weight is 447 g/mol. The summed E-state index contributed by atoms with van der Waals surface area (Å²) in [5.41, 5.74) is 1.95. The van der Waals surface area contributed by atoms with Crippen LogP contribution in [0.5, 0.6) is 0 Å². The van der Waals surface area contributed by atoms with E-state index in [2.05, 4.69) is 20.4 Å². The number of nitrogens with zero attached hydrogens (tertiary/aromatic N) is 5. The summed E-state index contributed by atoms with van der Waals surface area (Å²) < 4.78 is 25.6. The van der Waals surface area contributed by atoms with Gasteiger partial charge in [-0.25, -0.2) is 13.2 Å². The van der Waals surface area contributed by atoms with E-state index in [9.17, 15) is 18.3 Å². The molecule has 0 fully saturated rings. The van der Waals surface area contributed by atoms with Gasteiger partial charge < -0.3 is 10.4 Å². The molecule has 10 nitrogen and oxygen atoms in total. The summed E-state index contributed by atoms with van der Waals surface area (Å²) in [6.07, 6.45) is 2.29. The second-order valence-corrected chi connectivity index (χ2v) is 10.1. The number of carboxylic acid groups (broad SMARTS) is 1. The molecule has 1 amide bonds. The van der Waals surface area contributed by atoms with E-state index in [1.807, 2.05) is 33.8 Å². The molecule has 31 heavy (non-hydrogen) atoms. The zero-order chi connectivity index (χ0) is 23.0. The van der Waals surface area contributed by atoms with Gasteiger partial charge in [0, 0.05) is 29.6 Å². The molecule has 11 heteroatoms. The lowest BCUT2D eigenvalue weighted by atomic mass is 10.0. The number of anilines is 2. The molecule has 166 valence electrons. The molecule has 0 aliphatic heterocycles. The van der Waals surface area contributed by atoms with E-state index in [4.69, 9.17) is 0 Å². The predicted molar refractivity (Wildman–Crippen MR) is 117 cm³/mol. The van der Waals surface area contributed by atoms with Crippen molar-refractivity contribution in [3.63, 3.8) is 0 Å². The standard InChI is InChI=1S/C20H26N6O4S/c1-6-14-12-22-26-16(14)23-18(31(5,29)30)24-17(26)21-11-13-8-7-9-15(10-13)25(19(27)28)20(2,3)4/h7-10,12H,6,11H2,1-5H3,(H,27,28)(H,21,23,24). The number of sulfone groups is 1. The van der Waals surface area contributed by atoms with Gasteiger partial charge in [0.25, 0.3) is 5.16 Å². The summed E-state index contributed by atoms with van der Waals surface area (Å²) in [5.74, 6) is 0.237. The summed E-state index contributed by atoms with van der Waals surface area (Å²) in [6, 6.07) is 7.11. The Kier molecular flexibility index (Phi) is 5.90. The van der Waals surface area contributed by atoms with E-state index in [1.165, 1.54) is 9.42 Å². The Morgan fingerprint density at radius 2 is 1.97 bits per heavy atom. The molecular weight excluding hydrogens is 420 g/mol. The van der Waals surface area contributed by atoms with Gasteiger partial charge in [-0.15, -0.1) is 0 Å². The quantitative estimate of drug-likeness (QED) is 0.591. The van der Waals surface area contributed by atoms with E-state index < -0.39 is 21.5 Å². The normalized spacial score (nSPS) is 12.2. The third-order valence-corrected chi connectivity index (χ3v) is 5.46. The summed E-state index contributed by atoms with van der Waals surface area (Å²) in [5, 5.41) is 16.7. The molecule has 0 aliphatic rings. The molecule has 0 radical (unpaired) electrons. The monoisotopic (exact) mass is 446 g/mol. The molecule has 0 atom stereocenters. The Hall–Kier alpha value is -3.21. The first-order chi connectivity index (χ1) is 14.4. The highest BCUT2D eigenvalue weighted by molar-refractivity contribution is 7.90. The van der Waals surface area contributed by atoms with E-state index in [1.54, 1.807) is 24.4 Å². The molecule has 0 bridgehead atoms. The third kappa shape index (κ3) is 4.76. The Balaban J connectivity index is 1.96. The van der Waals surface area contributed by atoms with Gasteiger partial charge >= 0.3 is 6.09 Å². The van der Waals surface area contributed by atoms with Gasteiger partial charge in [0.1, 0.15) is 0 Å². The van der Waals surface area contributed by atoms with Crippen molar-refractivity contribution >= 4 is 33.2 Å².